The first-order chi connectivity index (χ1) is 7.79. The van der Waals surface area contributed by atoms with Gasteiger partial charge in [-0.25, -0.2) is 4.98 Å². The second kappa shape index (κ2) is 4.61. The molecule has 1 N–H and O–H groups in total. The molecule has 0 unspecified atom stereocenters. The molecular formula is C10H12N4O2. The van der Waals surface area contributed by atoms with Gasteiger partial charge in [-0.3, -0.25) is 0 Å². The third-order valence-corrected chi connectivity index (χ3v) is 2.10. The first-order valence-corrected chi connectivity index (χ1v) is 4.80. The number of hydrogen-bond donors (Lipinski definition) is 1. The number of anilines is 1. The average Bonchev–Trinajstić information content (AvgIpc) is 2.72. The van der Waals surface area contributed by atoms with Gasteiger partial charge in [-0.15, -0.1) is 0 Å². The van der Waals surface area contributed by atoms with E-state index in [9.17, 15) is 0 Å². The monoisotopic (exact) mass is 220 g/mol. The Morgan fingerprint density at radius 1 is 1.50 bits per heavy atom. The van der Waals surface area contributed by atoms with E-state index in [2.05, 4.69) is 20.4 Å². The molecule has 0 aliphatic carbocycles. The number of methoxy groups -OCH3 is 1. The van der Waals surface area contributed by atoms with Crippen molar-refractivity contribution in [2.24, 2.45) is 0 Å². The fraction of sp³-hybridized carbons (Fsp3) is 0.300. The molecule has 0 spiro atoms. The lowest BCUT2D eigenvalue weighted by Gasteiger charge is -2.03. The summed E-state index contributed by atoms with van der Waals surface area (Å²) in [4.78, 5) is 8.17. The molecule has 2 rings (SSSR count). The van der Waals surface area contributed by atoms with Crippen molar-refractivity contribution in [3.63, 3.8) is 0 Å². The zero-order valence-corrected chi connectivity index (χ0v) is 9.10. The Balaban J connectivity index is 2.02. The van der Waals surface area contributed by atoms with E-state index in [1.165, 1.54) is 0 Å². The maximum atomic E-state index is 4.99. The Morgan fingerprint density at radius 2 is 2.38 bits per heavy atom. The molecule has 0 atom stereocenters. The lowest BCUT2D eigenvalue weighted by atomic mass is 10.3. The van der Waals surface area contributed by atoms with Crippen LogP contribution in [0.2, 0.25) is 0 Å². The SMILES string of the molecule is COc1ccnc(NCc2nocc2C)n1. The van der Waals surface area contributed by atoms with E-state index in [-0.39, 0.29) is 0 Å². The number of rotatable bonds is 4. The van der Waals surface area contributed by atoms with Crippen LogP contribution in [-0.2, 0) is 6.54 Å². The van der Waals surface area contributed by atoms with Crippen LogP contribution in [0.25, 0.3) is 0 Å². The van der Waals surface area contributed by atoms with E-state index >= 15 is 0 Å². The van der Waals surface area contributed by atoms with Crippen LogP contribution in [0.1, 0.15) is 11.3 Å². The highest BCUT2D eigenvalue weighted by molar-refractivity contribution is 5.29. The highest BCUT2D eigenvalue weighted by Gasteiger charge is 2.04. The molecule has 2 aromatic heterocycles. The van der Waals surface area contributed by atoms with Crippen molar-refractivity contribution in [3.05, 3.63) is 29.8 Å². The summed E-state index contributed by atoms with van der Waals surface area (Å²) in [5.74, 6) is 1.02. The summed E-state index contributed by atoms with van der Waals surface area (Å²) in [5, 5.41) is 6.89. The fourth-order valence-electron chi connectivity index (χ4n) is 1.18. The molecule has 0 bridgehead atoms. The molecule has 6 nitrogen and oxygen atoms in total. The van der Waals surface area contributed by atoms with Gasteiger partial charge in [-0.05, 0) is 6.92 Å². The van der Waals surface area contributed by atoms with Crippen LogP contribution in [0.5, 0.6) is 5.88 Å². The molecule has 0 saturated carbocycles. The Morgan fingerprint density at radius 3 is 3.06 bits per heavy atom. The number of aryl methyl sites for hydroxylation is 1. The van der Waals surface area contributed by atoms with Crippen LogP contribution in [0.3, 0.4) is 0 Å². The van der Waals surface area contributed by atoms with Crippen LogP contribution >= 0.6 is 0 Å². The maximum Gasteiger partial charge on any atom is 0.226 e. The molecule has 16 heavy (non-hydrogen) atoms. The Labute approximate surface area is 92.7 Å². The summed E-state index contributed by atoms with van der Waals surface area (Å²) in [6, 6.07) is 1.69. The van der Waals surface area contributed by atoms with Crippen molar-refractivity contribution in [1.82, 2.24) is 15.1 Å². The number of nitrogens with zero attached hydrogens (tertiary/aromatic N) is 3. The first-order valence-electron chi connectivity index (χ1n) is 4.80. The average molecular weight is 220 g/mol. The summed E-state index contributed by atoms with van der Waals surface area (Å²) < 4.78 is 9.81. The number of aromatic nitrogens is 3. The zero-order valence-electron chi connectivity index (χ0n) is 9.10. The van der Waals surface area contributed by atoms with Gasteiger partial charge in [0, 0.05) is 17.8 Å². The zero-order chi connectivity index (χ0) is 11.4. The molecule has 0 aliphatic rings. The Hall–Kier alpha value is -2.11. The highest BCUT2D eigenvalue weighted by Crippen LogP contribution is 2.10. The Kier molecular flexibility index (Phi) is 3.00. The lowest BCUT2D eigenvalue weighted by molar-refractivity contribution is 0.397. The van der Waals surface area contributed by atoms with Crippen LogP contribution in [0.4, 0.5) is 5.95 Å². The van der Waals surface area contributed by atoms with Crippen molar-refractivity contribution < 1.29 is 9.26 Å². The van der Waals surface area contributed by atoms with Crippen molar-refractivity contribution in [2.75, 3.05) is 12.4 Å². The molecule has 2 aromatic rings. The minimum absolute atomic E-state index is 0.502. The summed E-state index contributed by atoms with van der Waals surface area (Å²) >= 11 is 0. The van der Waals surface area contributed by atoms with Crippen molar-refractivity contribution in [1.29, 1.82) is 0 Å². The van der Waals surface area contributed by atoms with Gasteiger partial charge in [0.2, 0.25) is 11.8 Å². The Bertz CT molecular complexity index is 469. The molecule has 0 fully saturated rings. The standard InChI is InChI=1S/C10H12N4O2/c1-7-6-16-14-8(7)5-12-10-11-4-3-9(13-10)15-2/h3-4,6H,5H2,1-2H3,(H,11,12,13). The lowest BCUT2D eigenvalue weighted by Crippen LogP contribution is -2.05. The quantitative estimate of drug-likeness (QED) is 0.839. The molecule has 0 aromatic carbocycles. The van der Waals surface area contributed by atoms with E-state index in [0.29, 0.717) is 18.4 Å². The van der Waals surface area contributed by atoms with Crippen molar-refractivity contribution in [2.45, 2.75) is 13.5 Å². The predicted octanol–water partition coefficient (Wildman–Crippen LogP) is 1.39. The minimum Gasteiger partial charge on any atom is -0.481 e. The third-order valence-electron chi connectivity index (χ3n) is 2.10. The number of nitrogens with one attached hydrogen (secondary N) is 1. The smallest absolute Gasteiger partial charge is 0.226 e. The van der Waals surface area contributed by atoms with Gasteiger partial charge in [-0.1, -0.05) is 5.16 Å². The van der Waals surface area contributed by atoms with Gasteiger partial charge in [0.1, 0.15) is 12.0 Å². The van der Waals surface area contributed by atoms with Crippen LogP contribution < -0.4 is 10.1 Å². The van der Waals surface area contributed by atoms with E-state index in [4.69, 9.17) is 9.26 Å². The van der Waals surface area contributed by atoms with Gasteiger partial charge in [-0.2, -0.15) is 4.98 Å². The fourth-order valence-corrected chi connectivity index (χ4v) is 1.18. The maximum absolute atomic E-state index is 4.99. The van der Waals surface area contributed by atoms with E-state index in [1.807, 2.05) is 6.92 Å². The second-order valence-corrected chi connectivity index (χ2v) is 3.22. The van der Waals surface area contributed by atoms with Gasteiger partial charge >= 0.3 is 0 Å². The van der Waals surface area contributed by atoms with Crippen molar-refractivity contribution >= 4 is 5.95 Å². The first kappa shape index (κ1) is 10.4. The topological polar surface area (TPSA) is 73.1 Å². The summed E-state index contributed by atoms with van der Waals surface area (Å²) in [7, 11) is 1.56. The minimum atomic E-state index is 0.502. The van der Waals surface area contributed by atoms with Crippen LogP contribution in [0, 0.1) is 6.92 Å². The van der Waals surface area contributed by atoms with Gasteiger partial charge in [0.25, 0.3) is 0 Å². The van der Waals surface area contributed by atoms with Crippen molar-refractivity contribution in [3.8, 4) is 5.88 Å². The highest BCUT2D eigenvalue weighted by atomic mass is 16.5. The van der Waals surface area contributed by atoms with Gasteiger partial charge < -0.3 is 14.6 Å². The number of ether oxygens (including phenoxy) is 1. The summed E-state index contributed by atoms with van der Waals surface area (Å²) in [5.41, 5.74) is 1.84. The van der Waals surface area contributed by atoms with Gasteiger partial charge in [0.05, 0.1) is 13.7 Å². The third kappa shape index (κ3) is 2.28. The van der Waals surface area contributed by atoms with Crippen LogP contribution in [-0.4, -0.2) is 22.2 Å². The van der Waals surface area contributed by atoms with E-state index < -0.39 is 0 Å². The summed E-state index contributed by atoms with van der Waals surface area (Å²) in [6.07, 6.45) is 3.23. The van der Waals surface area contributed by atoms with E-state index in [0.717, 1.165) is 11.3 Å². The second-order valence-electron chi connectivity index (χ2n) is 3.22. The number of hydrogen-bond acceptors (Lipinski definition) is 6. The van der Waals surface area contributed by atoms with Crippen LogP contribution in [0.15, 0.2) is 23.0 Å². The molecule has 84 valence electrons. The molecule has 6 heteroatoms. The molecular weight excluding hydrogens is 208 g/mol. The molecule has 0 radical (unpaired) electrons. The molecule has 2 heterocycles. The summed E-state index contributed by atoms with van der Waals surface area (Å²) in [6.45, 7) is 2.45. The van der Waals surface area contributed by atoms with Gasteiger partial charge in [0.15, 0.2) is 0 Å². The normalized spacial score (nSPS) is 10.1. The largest absolute Gasteiger partial charge is 0.481 e. The predicted molar refractivity (Wildman–Crippen MR) is 57.2 cm³/mol. The van der Waals surface area contributed by atoms with E-state index in [1.54, 1.807) is 25.6 Å². The molecule has 0 amide bonds. The molecule has 0 aliphatic heterocycles. The molecule has 0 saturated heterocycles.